The van der Waals surface area contributed by atoms with E-state index in [4.69, 9.17) is 17.0 Å². The molecule has 0 saturated heterocycles. The average Bonchev–Trinajstić information content (AvgIpc) is 3.13. The zero-order valence-electron chi connectivity index (χ0n) is 16.1. The van der Waals surface area contributed by atoms with Gasteiger partial charge in [0.05, 0.1) is 18.4 Å². The number of carbonyl (C=O) groups is 1. The number of alkyl halides is 2. The van der Waals surface area contributed by atoms with Crippen LogP contribution in [0.1, 0.15) is 15.9 Å². The molecule has 3 aromatic rings. The number of anilines is 2. The molecular formula is C21H18F2N2O3S2. The molecule has 1 heterocycles. The molecule has 30 heavy (non-hydrogen) atoms. The minimum Gasteiger partial charge on any atom is -0.465 e. The summed E-state index contributed by atoms with van der Waals surface area (Å²) in [4.78, 5) is 13.1. The van der Waals surface area contributed by atoms with Crippen LogP contribution in [0.25, 0.3) is 10.4 Å². The van der Waals surface area contributed by atoms with Crippen molar-refractivity contribution < 1.29 is 23.0 Å². The first-order chi connectivity index (χ1) is 14.4. The lowest BCUT2D eigenvalue weighted by atomic mass is 10.1. The number of benzene rings is 2. The van der Waals surface area contributed by atoms with Crippen LogP contribution in [0.5, 0.6) is 5.75 Å². The normalized spacial score (nSPS) is 10.6. The van der Waals surface area contributed by atoms with Gasteiger partial charge in [0.15, 0.2) is 5.11 Å². The number of rotatable bonds is 6. The lowest BCUT2D eigenvalue weighted by Gasteiger charge is -2.15. The summed E-state index contributed by atoms with van der Waals surface area (Å²) in [7, 11) is 1.29. The summed E-state index contributed by atoms with van der Waals surface area (Å²) in [5.41, 5.74) is 2.29. The molecule has 2 aromatic carbocycles. The summed E-state index contributed by atoms with van der Waals surface area (Å²) in [6.07, 6.45) is 0. The van der Waals surface area contributed by atoms with Crippen LogP contribution in [0.15, 0.2) is 54.6 Å². The lowest BCUT2D eigenvalue weighted by molar-refractivity contribution is -0.0493. The van der Waals surface area contributed by atoms with Crippen LogP contribution in [-0.4, -0.2) is 24.8 Å². The predicted molar refractivity (Wildman–Crippen MR) is 119 cm³/mol. The predicted octanol–water partition coefficient (Wildman–Crippen LogP) is 5.92. The Balaban J connectivity index is 1.85. The van der Waals surface area contributed by atoms with Crippen molar-refractivity contribution in [1.82, 2.24) is 0 Å². The molecule has 0 amide bonds. The van der Waals surface area contributed by atoms with Crippen molar-refractivity contribution in [2.45, 2.75) is 13.5 Å². The summed E-state index contributed by atoms with van der Waals surface area (Å²) < 4.78 is 34.9. The van der Waals surface area contributed by atoms with E-state index in [0.29, 0.717) is 10.6 Å². The maximum absolute atomic E-state index is 12.7. The molecule has 0 atom stereocenters. The summed E-state index contributed by atoms with van der Waals surface area (Å²) >= 11 is 6.64. The second-order valence-electron chi connectivity index (χ2n) is 6.17. The van der Waals surface area contributed by atoms with Crippen LogP contribution in [-0.2, 0) is 4.74 Å². The van der Waals surface area contributed by atoms with Gasteiger partial charge in [0.1, 0.15) is 10.8 Å². The molecule has 0 unspecified atom stereocenters. The molecule has 2 N–H and O–H groups in total. The summed E-state index contributed by atoms with van der Waals surface area (Å²) in [5, 5.41) is 6.38. The van der Waals surface area contributed by atoms with Crippen LogP contribution >= 0.6 is 23.6 Å². The number of methoxy groups -OCH3 is 1. The van der Waals surface area contributed by atoms with Gasteiger partial charge in [-0.05, 0) is 48.5 Å². The highest BCUT2D eigenvalue weighted by Gasteiger charge is 2.19. The van der Waals surface area contributed by atoms with Crippen molar-refractivity contribution in [3.63, 3.8) is 0 Å². The van der Waals surface area contributed by atoms with Crippen LogP contribution in [0.3, 0.4) is 0 Å². The number of halogens is 2. The van der Waals surface area contributed by atoms with Gasteiger partial charge in [-0.15, -0.1) is 11.3 Å². The van der Waals surface area contributed by atoms with Crippen LogP contribution in [0.4, 0.5) is 19.5 Å². The van der Waals surface area contributed by atoms with E-state index in [0.717, 1.165) is 16.0 Å². The maximum atomic E-state index is 12.7. The molecule has 1 aromatic heterocycles. The van der Waals surface area contributed by atoms with E-state index in [-0.39, 0.29) is 16.5 Å². The fourth-order valence-electron chi connectivity index (χ4n) is 2.67. The summed E-state index contributed by atoms with van der Waals surface area (Å²) in [6.45, 7) is -1.21. The van der Waals surface area contributed by atoms with Gasteiger partial charge in [0.2, 0.25) is 0 Å². The SMILES string of the molecule is COC(=O)c1cc(-c2ccccc2)sc1NC(=S)Nc1ccc(C)cc1OC(F)F. The number of hydrogen-bond donors (Lipinski definition) is 2. The number of thiophene rings is 1. The first kappa shape index (κ1) is 21.7. The second-order valence-corrected chi connectivity index (χ2v) is 7.63. The van der Waals surface area contributed by atoms with Crippen molar-refractivity contribution in [3.05, 3.63) is 65.7 Å². The van der Waals surface area contributed by atoms with Crippen LogP contribution < -0.4 is 15.4 Å². The third kappa shape index (κ3) is 5.31. The first-order valence-electron chi connectivity index (χ1n) is 8.78. The van der Waals surface area contributed by atoms with Gasteiger partial charge in [0.25, 0.3) is 0 Å². The fourth-order valence-corrected chi connectivity index (χ4v) is 4.01. The highest BCUT2D eigenvalue weighted by molar-refractivity contribution is 7.80. The highest BCUT2D eigenvalue weighted by atomic mass is 32.1. The smallest absolute Gasteiger partial charge is 0.387 e. The number of carbonyl (C=O) groups excluding carboxylic acids is 1. The van der Waals surface area contributed by atoms with E-state index in [1.807, 2.05) is 30.3 Å². The Hall–Kier alpha value is -3.04. The third-order valence-corrected chi connectivity index (χ3v) is 5.33. The van der Waals surface area contributed by atoms with Gasteiger partial charge < -0.3 is 20.1 Å². The molecular weight excluding hydrogens is 430 g/mol. The minimum absolute atomic E-state index is 0.0292. The summed E-state index contributed by atoms with van der Waals surface area (Å²) in [6, 6.07) is 16.1. The maximum Gasteiger partial charge on any atom is 0.387 e. The lowest BCUT2D eigenvalue weighted by Crippen LogP contribution is -2.20. The molecule has 0 radical (unpaired) electrons. The largest absolute Gasteiger partial charge is 0.465 e. The van der Waals surface area contributed by atoms with Gasteiger partial charge in [-0.3, -0.25) is 0 Å². The Kier molecular flexibility index (Phi) is 6.96. The Morgan fingerprint density at radius 3 is 2.50 bits per heavy atom. The molecule has 0 saturated carbocycles. The molecule has 0 aliphatic carbocycles. The molecule has 3 rings (SSSR count). The van der Waals surface area contributed by atoms with Crippen LogP contribution in [0.2, 0.25) is 0 Å². The molecule has 0 bridgehead atoms. The summed E-state index contributed by atoms with van der Waals surface area (Å²) in [5.74, 6) is -0.547. The number of esters is 1. The van der Waals surface area contributed by atoms with Gasteiger partial charge in [-0.2, -0.15) is 8.78 Å². The zero-order chi connectivity index (χ0) is 21.7. The van der Waals surface area contributed by atoms with Crippen LogP contribution in [0, 0.1) is 6.92 Å². The molecule has 0 aliphatic heterocycles. The van der Waals surface area contributed by atoms with Gasteiger partial charge in [-0.1, -0.05) is 36.4 Å². The van der Waals surface area contributed by atoms with Crippen molar-refractivity contribution in [2.24, 2.45) is 0 Å². The highest BCUT2D eigenvalue weighted by Crippen LogP contribution is 2.36. The second kappa shape index (κ2) is 9.64. The van der Waals surface area contributed by atoms with Crippen molar-refractivity contribution in [2.75, 3.05) is 17.7 Å². The fraction of sp³-hybridized carbons (Fsp3) is 0.143. The Morgan fingerprint density at radius 2 is 1.83 bits per heavy atom. The topological polar surface area (TPSA) is 59.6 Å². The van der Waals surface area contributed by atoms with E-state index >= 15 is 0 Å². The number of thiocarbonyl (C=S) groups is 1. The molecule has 5 nitrogen and oxygen atoms in total. The zero-order valence-corrected chi connectivity index (χ0v) is 17.7. The monoisotopic (exact) mass is 448 g/mol. The average molecular weight is 449 g/mol. The van der Waals surface area contributed by atoms with Crippen molar-refractivity contribution in [1.29, 1.82) is 0 Å². The van der Waals surface area contributed by atoms with Gasteiger partial charge >= 0.3 is 12.6 Å². The van der Waals surface area contributed by atoms with E-state index in [9.17, 15) is 13.6 Å². The number of nitrogens with one attached hydrogen (secondary N) is 2. The Bertz CT molecular complexity index is 1060. The quantitative estimate of drug-likeness (QED) is 0.361. The molecule has 156 valence electrons. The molecule has 9 heteroatoms. The third-order valence-electron chi connectivity index (χ3n) is 4.02. The number of hydrogen-bond acceptors (Lipinski definition) is 5. The van der Waals surface area contributed by atoms with E-state index in [1.54, 1.807) is 25.1 Å². The Morgan fingerprint density at radius 1 is 1.10 bits per heavy atom. The molecule has 0 spiro atoms. The first-order valence-corrected chi connectivity index (χ1v) is 10.0. The van der Waals surface area contributed by atoms with Gasteiger partial charge in [-0.25, -0.2) is 4.79 Å². The Labute approximate surface area is 181 Å². The van der Waals surface area contributed by atoms with E-state index < -0.39 is 12.6 Å². The van der Waals surface area contributed by atoms with Gasteiger partial charge in [0, 0.05) is 4.88 Å². The molecule has 0 aliphatic rings. The van der Waals surface area contributed by atoms with E-state index in [2.05, 4.69) is 15.4 Å². The number of ether oxygens (including phenoxy) is 2. The minimum atomic E-state index is -2.97. The van der Waals surface area contributed by atoms with Crippen molar-refractivity contribution in [3.8, 4) is 16.2 Å². The number of aryl methyl sites for hydroxylation is 1. The van der Waals surface area contributed by atoms with Crippen molar-refractivity contribution >= 4 is 45.3 Å². The van der Waals surface area contributed by atoms with E-state index in [1.165, 1.54) is 24.5 Å². The standard InChI is InChI=1S/C21H18F2N2O3S2/c1-12-8-9-15(16(10-12)28-20(22)23)24-21(29)25-18-14(19(26)27-2)11-17(30-18)13-6-4-3-5-7-13/h3-11,20H,1-2H3,(H2,24,25,29). The molecule has 0 fully saturated rings.